The summed E-state index contributed by atoms with van der Waals surface area (Å²) in [7, 11) is 0. The normalized spacial score (nSPS) is 21.6. The molecule has 3 rings (SSSR count). The van der Waals surface area contributed by atoms with Crippen LogP contribution in [0.4, 0.5) is 5.82 Å². The molecule has 3 heterocycles. The molecule has 7 nitrogen and oxygen atoms in total. The maximum absolute atomic E-state index is 12.0. The van der Waals surface area contributed by atoms with E-state index in [4.69, 9.17) is 0 Å². The molecule has 1 aromatic heterocycles. The van der Waals surface area contributed by atoms with E-state index in [1.165, 1.54) is 0 Å². The molecule has 1 atom stereocenters. The molecule has 0 spiro atoms. The molecule has 0 aromatic carbocycles. The molecule has 0 unspecified atom stereocenters. The molecular weight excluding hydrogens is 306 g/mol. The van der Waals surface area contributed by atoms with Crippen LogP contribution in [0.1, 0.15) is 25.3 Å². The van der Waals surface area contributed by atoms with E-state index in [0.717, 1.165) is 44.1 Å². The lowest BCUT2D eigenvalue weighted by Crippen LogP contribution is -2.46. The number of rotatable bonds is 5. The van der Waals surface area contributed by atoms with Crippen molar-refractivity contribution in [2.24, 2.45) is 0 Å². The highest BCUT2D eigenvalue weighted by molar-refractivity contribution is 5.90. The summed E-state index contributed by atoms with van der Waals surface area (Å²) in [5, 5.41) is 5.53. The molecule has 2 aliphatic heterocycles. The van der Waals surface area contributed by atoms with Gasteiger partial charge in [-0.1, -0.05) is 13.0 Å². The highest BCUT2D eigenvalue weighted by Gasteiger charge is 2.26. The Morgan fingerprint density at radius 2 is 2.12 bits per heavy atom. The zero-order chi connectivity index (χ0) is 16.9. The molecule has 0 bridgehead atoms. The molecule has 2 aliphatic rings. The van der Waals surface area contributed by atoms with Crippen molar-refractivity contribution >= 4 is 17.6 Å². The summed E-state index contributed by atoms with van der Waals surface area (Å²) >= 11 is 0. The second-order valence-electron chi connectivity index (χ2n) is 6.32. The summed E-state index contributed by atoms with van der Waals surface area (Å²) in [4.78, 5) is 32.4. The van der Waals surface area contributed by atoms with E-state index < -0.39 is 0 Å². The first-order valence-electron chi connectivity index (χ1n) is 8.65. The van der Waals surface area contributed by atoms with E-state index >= 15 is 0 Å². The average molecular weight is 331 g/mol. The van der Waals surface area contributed by atoms with Gasteiger partial charge < -0.3 is 20.4 Å². The third-order valence-electron chi connectivity index (χ3n) is 4.73. The molecule has 2 saturated heterocycles. The van der Waals surface area contributed by atoms with E-state index in [2.05, 4.69) is 32.3 Å². The zero-order valence-electron chi connectivity index (χ0n) is 14.1. The average Bonchev–Trinajstić information content (AvgIpc) is 3.07. The number of carbonyl (C=O) groups is 2. The number of nitrogens with one attached hydrogen (secondary N) is 2. The highest BCUT2D eigenvalue weighted by Crippen LogP contribution is 2.14. The minimum absolute atomic E-state index is 0.0515. The third kappa shape index (κ3) is 4.03. The molecule has 2 N–H and O–H groups in total. The SMILES string of the molecule is CCN1CCN(c2ccc(CNC(=O)[C@@H]3CCC(=O)N3)cn2)CC1. The molecule has 1 aromatic rings. The van der Waals surface area contributed by atoms with Crippen LogP contribution in [0.25, 0.3) is 0 Å². The number of nitrogens with zero attached hydrogens (tertiary/aromatic N) is 3. The van der Waals surface area contributed by atoms with Crippen molar-refractivity contribution in [2.45, 2.75) is 32.4 Å². The molecule has 130 valence electrons. The van der Waals surface area contributed by atoms with E-state index in [1.807, 2.05) is 18.3 Å². The Labute approximate surface area is 142 Å². The number of hydrogen-bond donors (Lipinski definition) is 2. The van der Waals surface area contributed by atoms with E-state index in [-0.39, 0.29) is 17.9 Å². The third-order valence-corrected chi connectivity index (χ3v) is 4.73. The van der Waals surface area contributed by atoms with Gasteiger partial charge in [0.25, 0.3) is 0 Å². The van der Waals surface area contributed by atoms with Gasteiger partial charge in [-0.3, -0.25) is 9.59 Å². The Morgan fingerprint density at radius 3 is 2.71 bits per heavy atom. The second kappa shape index (κ2) is 7.61. The van der Waals surface area contributed by atoms with Crippen molar-refractivity contribution in [3.63, 3.8) is 0 Å². The number of aromatic nitrogens is 1. The van der Waals surface area contributed by atoms with Gasteiger partial charge in [-0.05, 0) is 24.6 Å². The maximum atomic E-state index is 12.0. The molecule has 7 heteroatoms. The maximum Gasteiger partial charge on any atom is 0.242 e. The number of carbonyl (C=O) groups excluding carboxylic acids is 2. The van der Waals surface area contributed by atoms with Crippen LogP contribution in [0.5, 0.6) is 0 Å². The van der Waals surface area contributed by atoms with Gasteiger partial charge in [0.15, 0.2) is 0 Å². The van der Waals surface area contributed by atoms with Gasteiger partial charge in [-0.15, -0.1) is 0 Å². The summed E-state index contributed by atoms with van der Waals surface area (Å²) < 4.78 is 0. The first-order valence-corrected chi connectivity index (χ1v) is 8.65. The van der Waals surface area contributed by atoms with Crippen LogP contribution in [0.2, 0.25) is 0 Å². The van der Waals surface area contributed by atoms with Crippen molar-refractivity contribution < 1.29 is 9.59 Å². The number of hydrogen-bond acceptors (Lipinski definition) is 5. The molecule has 0 saturated carbocycles. The summed E-state index contributed by atoms with van der Waals surface area (Å²) in [5.41, 5.74) is 0.962. The number of piperazine rings is 1. The topological polar surface area (TPSA) is 77.6 Å². The largest absolute Gasteiger partial charge is 0.354 e. The lowest BCUT2D eigenvalue weighted by molar-refractivity contribution is -0.125. The molecular formula is C17H25N5O2. The van der Waals surface area contributed by atoms with Gasteiger partial charge in [-0.25, -0.2) is 4.98 Å². The van der Waals surface area contributed by atoms with Crippen molar-refractivity contribution in [2.75, 3.05) is 37.6 Å². The smallest absolute Gasteiger partial charge is 0.242 e. The summed E-state index contributed by atoms with van der Waals surface area (Å²) in [6, 6.07) is 3.63. The van der Waals surface area contributed by atoms with E-state index in [9.17, 15) is 9.59 Å². The fraction of sp³-hybridized carbons (Fsp3) is 0.588. The highest BCUT2D eigenvalue weighted by atomic mass is 16.2. The number of anilines is 1. The van der Waals surface area contributed by atoms with Gasteiger partial charge in [0.2, 0.25) is 11.8 Å². The van der Waals surface area contributed by atoms with Gasteiger partial charge >= 0.3 is 0 Å². The van der Waals surface area contributed by atoms with Crippen LogP contribution in [-0.2, 0) is 16.1 Å². The number of pyridine rings is 1. The van der Waals surface area contributed by atoms with Crippen LogP contribution in [-0.4, -0.2) is 60.5 Å². The molecule has 0 radical (unpaired) electrons. The number of likely N-dealkylation sites (N-methyl/N-ethyl adjacent to an activating group) is 1. The molecule has 2 amide bonds. The van der Waals surface area contributed by atoms with Gasteiger partial charge in [-0.2, -0.15) is 0 Å². The minimum Gasteiger partial charge on any atom is -0.354 e. The second-order valence-corrected chi connectivity index (χ2v) is 6.32. The monoisotopic (exact) mass is 331 g/mol. The summed E-state index contributed by atoms with van der Waals surface area (Å²) in [5.74, 6) is 0.814. The molecule has 24 heavy (non-hydrogen) atoms. The fourth-order valence-corrected chi connectivity index (χ4v) is 3.12. The first-order chi connectivity index (χ1) is 11.7. The summed E-state index contributed by atoms with van der Waals surface area (Å²) in [6.07, 6.45) is 2.82. The standard InChI is InChI=1S/C17H25N5O2/c1-2-21-7-9-22(10-8-21)15-5-3-13(11-18-15)12-19-17(24)14-4-6-16(23)20-14/h3,5,11,14H,2,4,6-10,12H2,1H3,(H,19,24)(H,20,23)/t14-/m0/s1. The Hall–Kier alpha value is -2.15. The van der Waals surface area contributed by atoms with Crippen LogP contribution < -0.4 is 15.5 Å². The van der Waals surface area contributed by atoms with Gasteiger partial charge in [0, 0.05) is 45.3 Å². The van der Waals surface area contributed by atoms with Crippen LogP contribution in [0.3, 0.4) is 0 Å². The Bertz CT molecular complexity index is 581. The van der Waals surface area contributed by atoms with Gasteiger partial charge in [0.05, 0.1) is 0 Å². The lowest BCUT2D eigenvalue weighted by atomic mass is 10.2. The van der Waals surface area contributed by atoms with Crippen molar-refractivity contribution in [3.05, 3.63) is 23.9 Å². The van der Waals surface area contributed by atoms with Crippen molar-refractivity contribution in [1.29, 1.82) is 0 Å². The number of amides is 2. The Balaban J connectivity index is 1.48. The van der Waals surface area contributed by atoms with Crippen LogP contribution in [0.15, 0.2) is 18.3 Å². The van der Waals surface area contributed by atoms with Crippen molar-refractivity contribution in [3.8, 4) is 0 Å². The predicted molar refractivity (Wildman–Crippen MR) is 91.6 cm³/mol. The summed E-state index contributed by atoms with van der Waals surface area (Å²) in [6.45, 7) is 7.86. The lowest BCUT2D eigenvalue weighted by Gasteiger charge is -2.34. The van der Waals surface area contributed by atoms with E-state index in [1.54, 1.807) is 0 Å². The first kappa shape index (κ1) is 16.7. The quantitative estimate of drug-likeness (QED) is 0.801. The molecule has 0 aliphatic carbocycles. The van der Waals surface area contributed by atoms with Crippen LogP contribution >= 0.6 is 0 Å². The molecule has 2 fully saturated rings. The van der Waals surface area contributed by atoms with Crippen molar-refractivity contribution in [1.82, 2.24) is 20.5 Å². The fourth-order valence-electron chi connectivity index (χ4n) is 3.12. The predicted octanol–water partition coefficient (Wildman–Crippen LogP) is 0.118. The van der Waals surface area contributed by atoms with Crippen LogP contribution in [0, 0.1) is 0 Å². The zero-order valence-corrected chi connectivity index (χ0v) is 14.1. The minimum atomic E-state index is -0.389. The van der Waals surface area contributed by atoms with Gasteiger partial charge in [0.1, 0.15) is 11.9 Å². The Kier molecular flexibility index (Phi) is 5.30. The Morgan fingerprint density at radius 1 is 1.33 bits per heavy atom. The van der Waals surface area contributed by atoms with E-state index in [0.29, 0.717) is 19.4 Å².